The van der Waals surface area contributed by atoms with E-state index in [-0.39, 0.29) is 22.6 Å². The summed E-state index contributed by atoms with van der Waals surface area (Å²) in [5.41, 5.74) is -3.62. The van der Waals surface area contributed by atoms with Crippen molar-refractivity contribution in [2.45, 2.75) is 35.6 Å². The Morgan fingerprint density at radius 3 is 2.59 bits per heavy atom. The lowest BCUT2D eigenvalue weighted by Crippen LogP contribution is -2.26. The van der Waals surface area contributed by atoms with Crippen molar-refractivity contribution in [1.82, 2.24) is 4.98 Å². The lowest BCUT2D eigenvalue weighted by molar-refractivity contribution is -0.118. The molecular weight excluding hydrogens is 397 g/mol. The molecule has 1 fully saturated rings. The van der Waals surface area contributed by atoms with E-state index >= 15 is 0 Å². The van der Waals surface area contributed by atoms with Gasteiger partial charge in [0, 0.05) is 29.7 Å². The molecule has 1 aromatic carbocycles. The van der Waals surface area contributed by atoms with Crippen molar-refractivity contribution in [3.63, 3.8) is 0 Å². The summed E-state index contributed by atoms with van der Waals surface area (Å²) in [6, 6.07) is 6.06. The number of rotatable bonds is 6. The van der Waals surface area contributed by atoms with Crippen LogP contribution in [-0.2, 0) is 9.53 Å². The van der Waals surface area contributed by atoms with Crippen LogP contribution in [0.3, 0.4) is 0 Å². The molecule has 1 saturated heterocycles. The molecule has 4 nitrogen and oxygen atoms in total. The molecule has 1 amide bonds. The zero-order valence-electron chi connectivity index (χ0n) is 14.4. The molecule has 1 aromatic heterocycles. The smallest absolute Gasteiger partial charge is 0.381 e. The number of ether oxygens (including phenoxy) is 1. The summed E-state index contributed by atoms with van der Waals surface area (Å²) in [5, 5.41) is 5.10. The van der Waals surface area contributed by atoms with Crippen molar-refractivity contribution in [1.29, 1.82) is 0 Å². The van der Waals surface area contributed by atoms with Gasteiger partial charge >= 0.3 is 5.51 Å². The molecule has 0 spiro atoms. The first-order chi connectivity index (χ1) is 12.9. The number of carbonyl (C=O) groups excluding carboxylic acids is 1. The average molecular weight is 416 g/mol. The zero-order chi connectivity index (χ0) is 19.3. The van der Waals surface area contributed by atoms with E-state index in [1.54, 1.807) is 23.7 Å². The highest BCUT2D eigenvalue weighted by atomic mass is 32.2. The van der Waals surface area contributed by atoms with Crippen LogP contribution in [0.5, 0.6) is 0 Å². The summed E-state index contributed by atoms with van der Waals surface area (Å²) >= 11 is 1.17. The van der Waals surface area contributed by atoms with Gasteiger partial charge in [-0.2, -0.15) is 13.2 Å². The van der Waals surface area contributed by atoms with Gasteiger partial charge in [0.1, 0.15) is 0 Å². The van der Waals surface area contributed by atoms with Crippen LogP contribution in [0.15, 0.2) is 40.7 Å². The number of alkyl halides is 3. The second kappa shape index (κ2) is 9.07. The summed E-state index contributed by atoms with van der Waals surface area (Å²) in [4.78, 5) is 17.0. The Bertz CT molecular complexity index is 730. The molecule has 1 unspecified atom stereocenters. The molecule has 27 heavy (non-hydrogen) atoms. The Morgan fingerprint density at radius 2 is 2.00 bits per heavy atom. The Balaban J connectivity index is 1.76. The van der Waals surface area contributed by atoms with Crippen LogP contribution < -0.4 is 5.32 Å². The van der Waals surface area contributed by atoms with Gasteiger partial charge in [-0.3, -0.25) is 4.79 Å². The lowest BCUT2D eigenvalue weighted by atomic mass is 9.84. The molecular formula is C18H19F3N2O2S2. The fraction of sp³-hybridized carbons (Fsp3) is 0.444. The summed E-state index contributed by atoms with van der Waals surface area (Å²) in [6.45, 7) is 1.35. The molecule has 0 saturated carbocycles. The molecule has 1 aliphatic rings. The topological polar surface area (TPSA) is 51.2 Å². The minimum Gasteiger partial charge on any atom is -0.381 e. The standard InChI is InChI=1S/C18H19F3N2O2S2/c19-18(20,21)27-14-3-1-13(2-4-14)15(11-12-5-8-25-9-6-12)16(24)23-17-22-7-10-26-17/h1-4,7,10,12,15H,5-6,8-9,11H2,(H,22,23,24). The highest BCUT2D eigenvalue weighted by Gasteiger charge is 2.30. The van der Waals surface area contributed by atoms with Gasteiger partial charge in [-0.25, -0.2) is 4.98 Å². The van der Waals surface area contributed by atoms with Crippen LogP contribution >= 0.6 is 23.1 Å². The SMILES string of the molecule is O=C(Nc1nccs1)C(CC1CCOCC1)c1ccc(SC(F)(F)F)cc1. The molecule has 1 aliphatic heterocycles. The van der Waals surface area contributed by atoms with Crippen molar-refractivity contribution in [2.75, 3.05) is 18.5 Å². The third-order valence-corrected chi connectivity index (χ3v) is 5.83. The minimum absolute atomic E-state index is 0.108. The summed E-state index contributed by atoms with van der Waals surface area (Å²) < 4.78 is 43.0. The predicted octanol–water partition coefficient (Wildman–Crippen LogP) is 5.29. The number of nitrogens with one attached hydrogen (secondary N) is 1. The number of hydrogen-bond acceptors (Lipinski definition) is 5. The summed E-state index contributed by atoms with van der Waals surface area (Å²) in [5.74, 6) is -0.287. The average Bonchev–Trinajstić information content (AvgIpc) is 3.13. The first kappa shape index (κ1) is 20.2. The molecule has 3 rings (SSSR count). The van der Waals surface area contributed by atoms with Gasteiger partial charge in [0.15, 0.2) is 5.13 Å². The van der Waals surface area contributed by atoms with Crippen molar-refractivity contribution >= 4 is 34.1 Å². The van der Waals surface area contributed by atoms with Gasteiger partial charge < -0.3 is 10.1 Å². The first-order valence-electron chi connectivity index (χ1n) is 8.54. The Kier molecular flexibility index (Phi) is 6.78. The second-order valence-electron chi connectivity index (χ2n) is 6.29. The van der Waals surface area contributed by atoms with E-state index in [2.05, 4.69) is 10.3 Å². The normalized spacial score (nSPS) is 16.9. The van der Waals surface area contributed by atoms with Crippen molar-refractivity contribution < 1.29 is 22.7 Å². The molecule has 0 aliphatic carbocycles. The maximum atomic E-state index is 12.8. The number of amides is 1. The zero-order valence-corrected chi connectivity index (χ0v) is 16.0. The van der Waals surface area contributed by atoms with Crippen molar-refractivity contribution in [2.24, 2.45) is 5.92 Å². The Morgan fingerprint density at radius 1 is 1.30 bits per heavy atom. The highest BCUT2D eigenvalue weighted by molar-refractivity contribution is 8.00. The van der Waals surface area contributed by atoms with Crippen molar-refractivity contribution in [3.05, 3.63) is 41.4 Å². The quantitative estimate of drug-likeness (QED) is 0.650. The van der Waals surface area contributed by atoms with Crippen molar-refractivity contribution in [3.8, 4) is 0 Å². The van der Waals surface area contributed by atoms with E-state index in [1.165, 1.54) is 23.5 Å². The van der Waals surface area contributed by atoms with Gasteiger partial charge in [-0.05, 0) is 54.6 Å². The summed E-state index contributed by atoms with van der Waals surface area (Å²) in [7, 11) is 0. The molecule has 2 heterocycles. The Labute approximate surface area is 163 Å². The number of carbonyl (C=O) groups is 1. The number of thioether (sulfide) groups is 1. The molecule has 0 bridgehead atoms. The number of hydrogen-bond donors (Lipinski definition) is 1. The summed E-state index contributed by atoms with van der Waals surface area (Å²) in [6.07, 6.45) is 4.00. The molecule has 146 valence electrons. The monoisotopic (exact) mass is 416 g/mol. The van der Waals surface area contributed by atoms with Crippen LogP contribution in [-0.4, -0.2) is 29.6 Å². The number of aromatic nitrogens is 1. The predicted molar refractivity (Wildman–Crippen MR) is 100.0 cm³/mol. The molecule has 2 aromatic rings. The van der Waals surface area contributed by atoms with Gasteiger partial charge in [0.25, 0.3) is 0 Å². The minimum atomic E-state index is -4.33. The molecule has 0 radical (unpaired) electrons. The number of anilines is 1. The number of nitrogens with zero attached hydrogens (tertiary/aromatic N) is 1. The van der Waals surface area contributed by atoms with E-state index < -0.39 is 11.4 Å². The van der Waals surface area contributed by atoms with Crippen LogP contribution in [0.1, 0.15) is 30.7 Å². The van der Waals surface area contributed by atoms with Crippen LogP contribution in [0.2, 0.25) is 0 Å². The van der Waals surface area contributed by atoms with E-state index in [0.29, 0.717) is 36.2 Å². The number of benzene rings is 1. The molecule has 1 atom stereocenters. The third kappa shape index (κ3) is 6.22. The van der Waals surface area contributed by atoms with Gasteiger partial charge in [-0.15, -0.1) is 11.3 Å². The second-order valence-corrected chi connectivity index (χ2v) is 8.32. The third-order valence-electron chi connectivity index (χ3n) is 4.40. The van der Waals surface area contributed by atoms with Crippen LogP contribution in [0.25, 0.3) is 0 Å². The van der Waals surface area contributed by atoms with E-state index in [1.807, 2.05) is 0 Å². The van der Waals surface area contributed by atoms with Crippen LogP contribution in [0.4, 0.5) is 18.3 Å². The van der Waals surface area contributed by atoms with E-state index in [9.17, 15) is 18.0 Å². The Hall–Kier alpha value is -1.58. The lowest BCUT2D eigenvalue weighted by Gasteiger charge is -2.26. The maximum absolute atomic E-state index is 12.8. The highest BCUT2D eigenvalue weighted by Crippen LogP contribution is 2.38. The number of thiazole rings is 1. The van der Waals surface area contributed by atoms with Crippen LogP contribution in [0, 0.1) is 5.92 Å². The van der Waals surface area contributed by atoms with Gasteiger partial charge in [0.2, 0.25) is 5.91 Å². The maximum Gasteiger partial charge on any atom is 0.446 e. The fourth-order valence-corrected chi connectivity index (χ4v) is 4.16. The molecule has 9 heteroatoms. The number of halogens is 3. The first-order valence-corrected chi connectivity index (χ1v) is 10.2. The van der Waals surface area contributed by atoms with E-state index in [0.717, 1.165) is 12.8 Å². The van der Waals surface area contributed by atoms with Gasteiger partial charge in [-0.1, -0.05) is 12.1 Å². The fourth-order valence-electron chi connectivity index (χ4n) is 3.09. The largest absolute Gasteiger partial charge is 0.446 e. The molecule has 1 N–H and O–H groups in total. The van der Waals surface area contributed by atoms with E-state index in [4.69, 9.17) is 4.74 Å². The van der Waals surface area contributed by atoms with Gasteiger partial charge in [0.05, 0.1) is 5.92 Å².